The summed E-state index contributed by atoms with van der Waals surface area (Å²) in [5.41, 5.74) is 13.9. The van der Waals surface area contributed by atoms with E-state index < -0.39 is 0 Å². The Morgan fingerprint density at radius 1 is 0.304 bits per heavy atom. The number of benzene rings is 8. The van der Waals surface area contributed by atoms with E-state index in [1.54, 1.807) is 0 Å². The predicted molar refractivity (Wildman–Crippen MR) is 239 cm³/mol. The number of hydrogen-bond acceptors (Lipinski definition) is 2. The quantitative estimate of drug-likeness (QED) is 0.145. The molecule has 0 saturated heterocycles. The molecule has 4 heteroatoms. The van der Waals surface area contributed by atoms with Gasteiger partial charge in [-0.1, -0.05) is 109 Å². The molecule has 8 aromatic carbocycles. The van der Waals surface area contributed by atoms with Gasteiger partial charge in [0.2, 0.25) is 0 Å². The minimum atomic E-state index is 1.11. The Kier molecular flexibility index (Phi) is 8.23. The number of nitrogens with zero attached hydrogens (tertiary/aromatic N) is 4. The fourth-order valence-electron chi connectivity index (χ4n) is 8.30. The van der Waals surface area contributed by atoms with Crippen LogP contribution in [-0.2, 0) is 14.1 Å². The van der Waals surface area contributed by atoms with E-state index in [0.717, 1.165) is 45.3 Å². The highest BCUT2D eigenvalue weighted by atomic mass is 15.1. The van der Waals surface area contributed by atoms with Crippen LogP contribution < -0.4 is 9.80 Å². The van der Waals surface area contributed by atoms with Crippen molar-refractivity contribution in [2.24, 2.45) is 14.1 Å². The fraction of sp³-hybridized carbons (Fsp3) is 0.0385. The van der Waals surface area contributed by atoms with Gasteiger partial charge in [0, 0.05) is 91.8 Å². The topological polar surface area (TPSA) is 16.3 Å². The van der Waals surface area contributed by atoms with Crippen molar-refractivity contribution in [3.63, 3.8) is 0 Å². The number of aryl methyl sites for hydroxylation is 2. The molecule has 0 unspecified atom stereocenters. The second kappa shape index (κ2) is 13.8. The third kappa shape index (κ3) is 5.80. The molecule has 0 aliphatic carbocycles. The number of para-hydroxylation sites is 4. The van der Waals surface area contributed by atoms with Crippen LogP contribution >= 0.6 is 0 Å². The zero-order valence-electron chi connectivity index (χ0n) is 31.4. The summed E-state index contributed by atoms with van der Waals surface area (Å²) in [6, 6.07) is 69.8. The van der Waals surface area contributed by atoms with Crippen LogP contribution in [0.25, 0.3) is 55.8 Å². The van der Waals surface area contributed by atoms with E-state index in [1.807, 2.05) is 0 Å². The summed E-state index contributed by atoms with van der Waals surface area (Å²) in [5, 5.41) is 5.04. The van der Waals surface area contributed by atoms with Crippen LogP contribution in [0.2, 0.25) is 0 Å². The summed E-state index contributed by atoms with van der Waals surface area (Å²) in [7, 11) is 4.29. The second-order valence-electron chi connectivity index (χ2n) is 14.4. The predicted octanol–water partition coefficient (Wildman–Crippen LogP) is 14.1. The van der Waals surface area contributed by atoms with Crippen LogP contribution in [0, 0.1) is 0 Å². The number of fused-ring (bicyclic) bond motifs is 6. The maximum absolute atomic E-state index is 2.34. The molecule has 10 aromatic rings. The maximum atomic E-state index is 2.34. The van der Waals surface area contributed by atoms with Crippen molar-refractivity contribution in [3.8, 4) is 0 Å². The van der Waals surface area contributed by atoms with Gasteiger partial charge in [0.1, 0.15) is 0 Å². The molecule has 56 heavy (non-hydrogen) atoms. The van der Waals surface area contributed by atoms with Gasteiger partial charge in [0.25, 0.3) is 0 Å². The van der Waals surface area contributed by atoms with E-state index in [9.17, 15) is 0 Å². The van der Waals surface area contributed by atoms with Gasteiger partial charge >= 0.3 is 0 Å². The van der Waals surface area contributed by atoms with Crippen molar-refractivity contribution in [1.29, 1.82) is 0 Å². The van der Waals surface area contributed by atoms with Crippen molar-refractivity contribution in [1.82, 2.24) is 9.13 Å². The molecule has 0 N–H and O–H groups in total. The highest BCUT2D eigenvalue weighted by Gasteiger charge is 2.17. The molecule has 0 spiro atoms. The standard InChI is InChI=1S/C52H40N4/c1-53-49-19-11-9-17-45(49)47-35-43(31-33-51(47)53)55(39-13-5-3-6-14-39)41-27-23-37(24-28-41)21-22-38-25-29-42(30-26-38)56(40-15-7-4-8-16-40)44-32-34-52-48(36-44)46-18-10-12-20-50(46)54(52)2/h3-36H,1-2H3/b22-21+. The first kappa shape index (κ1) is 33.3. The summed E-state index contributed by atoms with van der Waals surface area (Å²) >= 11 is 0. The van der Waals surface area contributed by atoms with Crippen molar-refractivity contribution in [3.05, 3.63) is 205 Å². The van der Waals surface area contributed by atoms with Crippen molar-refractivity contribution in [2.75, 3.05) is 9.80 Å². The van der Waals surface area contributed by atoms with Crippen LogP contribution in [0.3, 0.4) is 0 Å². The molecule has 4 nitrogen and oxygen atoms in total. The number of anilines is 6. The number of aromatic nitrogens is 2. The largest absolute Gasteiger partial charge is 0.344 e. The SMILES string of the molecule is Cn1c2ccccc2c2cc(N(c3ccccc3)c3ccc(/C=C/c4ccc(N(c5ccccc5)c5ccc6c(c5)c5ccccc5n6C)cc4)cc3)ccc21. The van der Waals surface area contributed by atoms with Crippen molar-refractivity contribution in [2.45, 2.75) is 0 Å². The Hall–Kier alpha value is -7.30. The van der Waals surface area contributed by atoms with Crippen LogP contribution in [0.15, 0.2) is 194 Å². The lowest BCUT2D eigenvalue weighted by atomic mass is 10.1. The Morgan fingerprint density at radius 2 is 0.625 bits per heavy atom. The minimum Gasteiger partial charge on any atom is -0.344 e. The molecule has 268 valence electrons. The maximum Gasteiger partial charge on any atom is 0.0490 e. The van der Waals surface area contributed by atoms with Gasteiger partial charge in [-0.15, -0.1) is 0 Å². The Balaban J connectivity index is 0.944. The molecular weight excluding hydrogens is 681 g/mol. The van der Waals surface area contributed by atoms with Crippen LogP contribution in [0.4, 0.5) is 34.1 Å². The third-order valence-electron chi connectivity index (χ3n) is 11.1. The Morgan fingerprint density at radius 3 is 1.04 bits per heavy atom. The number of rotatable bonds is 8. The molecule has 0 aliphatic heterocycles. The first-order chi connectivity index (χ1) is 27.6. The van der Waals surface area contributed by atoms with E-state index in [-0.39, 0.29) is 0 Å². The average Bonchev–Trinajstić information content (AvgIpc) is 3.71. The van der Waals surface area contributed by atoms with Gasteiger partial charge < -0.3 is 18.9 Å². The van der Waals surface area contributed by atoms with E-state index in [4.69, 9.17) is 0 Å². The highest BCUT2D eigenvalue weighted by molar-refractivity contribution is 6.10. The molecule has 0 fully saturated rings. The zero-order chi connectivity index (χ0) is 37.6. The molecule has 0 saturated carbocycles. The highest BCUT2D eigenvalue weighted by Crippen LogP contribution is 2.40. The smallest absolute Gasteiger partial charge is 0.0490 e. The molecule has 0 aliphatic rings. The number of hydrogen-bond donors (Lipinski definition) is 0. The van der Waals surface area contributed by atoms with E-state index >= 15 is 0 Å². The lowest BCUT2D eigenvalue weighted by molar-refractivity contribution is 1.01. The fourth-order valence-corrected chi connectivity index (χ4v) is 8.30. The molecule has 10 rings (SSSR count). The molecular formula is C52H40N4. The Labute approximate surface area is 327 Å². The van der Waals surface area contributed by atoms with Crippen molar-refractivity contribution >= 4 is 89.9 Å². The van der Waals surface area contributed by atoms with Gasteiger partial charge in [-0.05, 0) is 108 Å². The van der Waals surface area contributed by atoms with Crippen molar-refractivity contribution < 1.29 is 0 Å². The molecule has 2 heterocycles. The first-order valence-electron chi connectivity index (χ1n) is 19.1. The summed E-state index contributed by atoms with van der Waals surface area (Å²) < 4.78 is 4.56. The van der Waals surface area contributed by atoms with Crippen LogP contribution in [0.5, 0.6) is 0 Å². The summed E-state index contributed by atoms with van der Waals surface area (Å²) in [4.78, 5) is 4.67. The molecule has 0 amide bonds. The van der Waals surface area contributed by atoms with E-state index in [1.165, 1.54) is 43.6 Å². The second-order valence-corrected chi connectivity index (χ2v) is 14.4. The van der Waals surface area contributed by atoms with E-state index in [2.05, 4.69) is 239 Å². The molecule has 0 radical (unpaired) electrons. The zero-order valence-corrected chi connectivity index (χ0v) is 31.4. The summed E-state index contributed by atoms with van der Waals surface area (Å²) in [6.07, 6.45) is 4.38. The first-order valence-corrected chi connectivity index (χ1v) is 19.1. The van der Waals surface area contributed by atoms with Crippen LogP contribution in [0.1, 0.15) is 11.1 Å². The molecule has 0 bridgehead atoms. The van der Waals surface area contributed by atoms with E-state index in [0.29, 0.717) is 0 Å². The monoisotopic (exact) mass is 720 g/mol. The van der Waals surface area contributed by atoms with Gasteiger partial charge in [0.05, 0.1) is 0 Å². The van der Waals surface area contributed by atoms with Gasteiger partial charge in [-0.25, -0.2) is 0 Å². The average molecular weight is 721 g/mol. The molecule has 2 aromatic heterocycles. The third-order valence-corrected chi connectivity index (χ3v) is 11.1. The Bertz CT molecular complexity index is 2820. The molecule has 0 atom stereocenters. The lowest BCUT2D eigenvalue weighted by Crippen LogP contribution is -2.09. The van der Waals surface area contributed by atoms with Gasteiger partial charge in [-0.2, -0.15) is 0 Å². The lowest BCUT2D eigenvalue weighted by Gasteiger charge is -2.26. The summed E-state index contributed by atoms with van der Waals surface area (Å²) in [5.74, 6) is 0. The minimum absolute atomic E-state index is 1.11. The van der Waals surface area contributed by atoms with Gasteiger partial charge in [-0.3, -0.25) is 0 Å². The van der Waals surface area contributed by atoms with Crippen LogP contribution in [-0.4, -0.2) is 9.13 Å². The summed E-state index contributed by atoms with van der Waals surface area (Å²) in [6.45, 7) is 0. The van der Waals surface area contributed by atoms with Gasteiger partial charge in [0.15, 0.2) is 0 Å². The normalized spacial score (nSPS) is 11.7.